The normalized spacial score (nSPS) is 14.0. The predicted octanol–water partition coefficient (Wildman–Crippen LogP) is 0.934. The smallest absolute Gasteiger partial charge is 0.305 e. The maximum absolute atomic E-state index is 12.2. The minimum atomic E-state index is -0.984. The maximum atomic E-state index is 12.2. The highest BCUT2D eigenvalue weighted by molar-refractivity contribution is 7.15. The van der Waals surface area contributed by atoms with Gasteiger partial charge in [0.2, 0.25) is 5.91 Å². The molecular weight excluding hydrogens is 294 g/mol. The lowest BCUT2D eigenvalue weighted by atomic mass is 9.98. The number of fused-ring (bicyclic) bond motifs is 1. The number of nitrogens with one attached hydrogen (secondary N) is 1. The van der Waals surface area contributed by atoms with Gasteiger partial charge in [0.15, 0.2) is 4.96 Å². The summed E-state index contributed by atoms with van der Waals surface area (Å²) in [5, 5.41) is 13.6. The average Bonchev–Trinajstić information content (AvgIpc) is 2.92. The van der Waals surface area contributed by atoms with Crippen molar-refractivity contribution in [3.8, 4) is 0 Å². The van der Waals surface area contributed by atoms with Crippen molar-refractivity contribution in [1.29, 1.82) is 0 Å². The monoisotopic (exact) mass is 311 g/mol. The number of hydrogen-bond donors (Lipinski definition) is 2. The summed E-state index contributed by atoms with van der Waals surface area (Å²) in [5.41, 5.74) is -0.109. The second-order valence-electron chi connectivity index (χ2n) is 5.10. The second-order valence-corrected chi connectivity index (χ2v) is 5.93. The zero-order chi connectivity index (χ0) is 15.5. The van der Waals surface area contributed by atoms with Crippen LogP contribution >= 0.6 is 11.3 Å². The third-order valence-corrected chi connectivity index (χ3v) is 3.91. The summed E-state index contributed by atoms with van der Waals surface area (Å²) >= 11 is 1.45. The van der Waals surface area contributed by atoms with Gasteiger partial charge in [-0.15, -0.1) is 11.3 Å². The van der Waals surface area contributed by atoms with Gasteiger partial charge in [-0.05, 0) is 6.92 Å². The number of aliphatic carboxylic acids is 1. The molecule has 1 unspecified atom stereocenters. The number of carbonyl (C=O) groups excluding carboxylic acids is 1. The number of imidazole rings is 1. The van der Waals surface area contributed by atoms with E-state index in [1.807, 2.05) is 9.78 Å². The van der Waals surface area contributed by atoms with Crippen molar-refractivity contribution in [1.82, 2.24) is 14.7 Å². The first kappa shape index (κ1) is 15.5. The molecule has 0 aliphatic heterocycles. The molecule has 114 valence electrons. The molecule has 1 atom stereocenters. The van der Waals surface area contributed by atoms with Crippen molar-refractivity contribution in [3.05, 3.63) is 23.5 Å². The fraction of sp³-hybridized carbons (Fsp3) is 0.462. The molecule has 7 nitrogen and oxygen atoms in total. The van der Waals surface area contributed by atoms with E-state index in [2.05, 4.69) is 10.3 Å². The van der Waals surface area contributed by atoms with E-state index in [4.69, 9.17) is 9.84 Å². The van der Waals surface area contributed by atoms with Gasteiger partial charge in [-0.25, -0.2) is 4.98 Å². The highest BCUT2D eigenvalue weighted by Crippen LogP contribution is 2.16. The number of carboxylic acids is 1. The summed E-state index contributed by atoms with van der Waals surface area (Å²) in [6.45, 7) is 1.79. The number of rotatable bonds is 7. The summed E-state index contributed by atoms with van der Waals surface area (Å²) in [5.74, 6) is -1.23. The van der Waals surface area contributed by atoms with Crippen LogP contribution in [-0.4, -0.2) is 45.6 Å². The Morgan fingerprint density at radius 3 is 3.00 bits per heavy atom. The topological polar surface area (TPSA) is 92.9 Å². The van der Waals surface area contributed by atoms with Crippen molar-refractivity contribution in [3.63, 3.8) is 0 Å². The zero-order valence-corrected chi connectivity index (χ0v) is 12.6. The molecule has 2 aromatic rings. The van der Waals surface area contributed by atoms with Crippen molar-refractivity contribution < 1.29 is 19.4 Å². The van der Waals surface area contributed by atoms with E-state index < -0.39 is 11.5 Å². The van der Waals surface area contributed by atoms with E-state index in [1.165, 1.54) is 18.4 Å². The Morgan fingerprint density at radius 1 is 1.57 bits per heavy atom. The molecule has 0 saturated carbocycles. The van der Waals surface area contributed by atoms with Crippen LogP contribution in [0, 0.1) is 0 Å². The van der Waals surface area contributed by atoms with E-state index in [9.17, 15) is 9.59 Å². The van der Waals surface area contributed by atoms with Gasteiger partial charge in [-0.2, -0.15) is 0 Å². The zero-order valence-electron chi connectivity index (χ0n) is 11.8. The van der Waals surface area contributed by atoms with Crippen molar-refractivity contribution in [2.24, 2.45) is 0 Å². The quantitative estimate of drug-likeness (QED) is 0.793. The van der Waals surface area contributed by atoms with Crippen molar-refractivity contribution in [2.75, 3.05) is 13.7 Å². The van der Waals surface area contributed by atoms with E-state index in [-0.39, 0.29) is 25.4 Å². The van der Waals surface area contributed by atoms with Crippen LogP contribution in [-0.2, 0) is 20.7 Å². The number of carbonyl (C=O) groups is 2. The number of hydrogen-bond acceptors (Lipinski definition) is 5. The molecule has 8 heteroatoms. The number of ether oxygens (including phenoxy) is 1. The number of aromatic nitrogens is 2. The summed E-state index contributed by atoms with van der Waals surface area (Å²) < 4.78 is 6.85. The molecule has 0 bridgehead atoms. The molecule has 1 amide bonds. The lowest BCUT2D eigenvalue weighted by Gasteiger charge is -2.28. The minimum Gasteiger partial charge on any atom is -0.481 e. The molecule has 0 aliphatic rings. The van der Waals surface area contributed by atoms with Gasteiger partial charge in [0.25, 0.3) is 0 Å². The van der Waals surface area contributed by atoms with E-state index >= 15 is 0 Å². The van der Waals surface area contributed by atoms with Crippen LogP contribution in [0.3, 0.4) is 0 Å². The molecule has 21 heavy (non-hydrogen) atoms. The summed E-state index contributed by atoms with van der Waals surface area (Å²) in [7, 11) is 1.47. The summed E-state index contributed by atoms with van der Waals surface area (Å²) in [6.07, 6.45) is 3.43. The lowest BCUT2D eigenvalue weighted by Crippen LogP contribution is -2.51. The molecule has 0 spiro atoms. The molecule has 0 aliphatic carbocycles. The molecule has 2 N–H and O–H groups in total. The van der Waals surface area contributed by atoms with Crippen LogP contribution in [0.25, 0.3) is 4.96 Å². The largest absolute Gasteiger partial charge is 0.481 e. The van der Waals surface area contributed by atoms with E-state index in [0.29, 0.717) is 0 Å². The summed E-state index contributed by atoms with van der Waals surface area (Å²) in [6, 6.07) is 0. The number of amides is 1. The SMILES string of the molecule is COCC(C)(CC(=O)O)NC(=O)Cc1csc2nccn12. The van der Waals surface area contributed by atoms with Crippen LogP contribution in [0.1, 0.15) is 19.0 Å². The van der Waals surface area contributed by atoms with Gasteiger partial charge in [0.1, 0.15) is 0 Å². The molecule has 2 heterocycles. The Kier molecular flexibility index (Phi) is 4.59. The van der Waals surface area contributed by atoms with E-state index in [1.54, 1.807) is 19.3 Å². The van der Waals surface area contributed by atoms with Gasteiger partial charge in [0.05, 0.1) is 25.0 Å². The Labute approximate surface area is 125 Å². The number of methoxy groups -OCH3 is 1. The number of nitrogens with zero attached hydrogens (tertiary/aromatic N) is 2. The van der Waals surface area contributed by atoms with Gasteiger partial charge >= 0.3 is 5.97 Å². The van der Waals surface area contributed by atoms with Crippen molar-refractivity contribution in [2.45, 2.75) is 25.3 Å². The first-order valence-electron chi connectivity index (χ1n) is 6.35. The molecule has 0 radical (unpaired) electrons. The number of thiazole rings is 1. The van der Waals surface area contributed by atoms with Crippen LogP contribution < -0.4 is 5.32 Å². The fourth-order valence-electron chi connectivity index (χ4n) is 2.23. The fourth-order valence-corrected chi connectivity index (χ4v) is 3.08. The first-order chi connectivity index (χ1) is 9.93. The van der Waals surface area contributed by atoms with Gasteiger partial charge in [-0.1, -0.05) is 0 Å². The van der Waals surface area contributed by atoms with Gasteiger partial charge in [-0.3, -0.25) is 14.0 Å². The van der Waals surface area contributed by atoms with Crippen LogP contribution in [0.15, 0.2) is 17.8 Å². The van der Waals surface area contributed by atoms with Gasteiger partial charge in [0, 0.05) is 30.6 Å². The minimum absolute atomic E-state index is 0.134. The predicted molar refractivity (Wildman–Crippen MR) is 77.4 cm³/mol. The Hall–Kier alpha value is -1.93. The molecular formula is C13H17N3O4S. The third-order valence-electron chi connectivity index (χ3n) is 3.00. The molecule has 2 rings (SSSR count). The van der Waals surface area contributed by atoms with Crippen LogP contribution in [0.4, 0.5) is 0 Å². The Balaban J connectivity index is 2.05. The highest BCUT2D eigenvalue weighted by Gasteiger charge is 2.29. The molecule has 0 saturated heterocycles. The standard InChI is InChI=1S/C13H17N3O4S/c1-13(8-20-2,6-11(18)19)15-10(17)5-9-7-21-12-14-3-4-16(9)12/h3-4,7H,5-6,8H2,1-2H3,(H,15,17)(H,18,19). The molecule has 0 fully saturated rings. The first-order valence-corrected chi connectivity index (χ1v) is 7.23. The van der Waals surface area contributed by atoms with Gasteiger partial charge < -0.3 is 15.2 Å². The Bertz CT molecular complexity index is 651. The maximum Gasteiger partial charge on any atom is 0.305 e. The molecule has 0 aromatic carbocycles. The summed E-state index contributed by atoms with van der Waals surface area (Å²) in [4.78, 5) is 28.0. The number of carboxylic acid groups (broad SMARTS) is 1. The second kappa shape index (κ2) is 6.23. The lowest BCUT2D eigenvalue weighted by molar-refractivity contribution is -0.139. The molecule has 2 aromatic heterocycles. The van der Waals surface area contributed by atoms with E-state index in [0.717, 1.165) is 10.7 Å². The Morgan fingerprint density at radius 2 is 2.33 bits per heavy atom. The van der Waals surface area contributed by atoms with Crippen LogP contribution in [0.5, 0.6) is 0 Å². The highest BCUT2D eigenvalue weighted by atomic mass is 32.1. The average molecular weight is 311 g/mol. The third kappa shape index (κ3) is 3.79. The van der Waals surface area contributed by atoms with Crippen molar-refractivity contribution >= 4 is 28.2 Å². The van der Waals surface area contributed by atoms with Crippen LogP contribution in [0.2, 0.25) is 0 Å².